The van der Waals surface area contributed by atoms with E-state index >= 15 is 0 Å². The van der Waals surface area contributed by atoms with E-state index in [4.69, 9.17) is 10.4 Å². The molecule has 0 aliphatic carbocycles. The van der Waals surface area contributed by atoms with Gasteiger partial charge in [-0.1, -0.05) is 38.7 Å². The summed E-state index contributed by atoms with van der Waals surface area (Å²) < 4.78 is 0. The van der Waals surface area contributed by atoms with Crippen molar-refractivity contribution in [3.05, 3.63) is 66.3 Å². The van der Waals surface area contributed by atoms with Crippen molar-refractivity contribution in [1.29, 1.82) is 5.26 Å². The largest absolute Gasteiger partial charge is 0.478 e. The number of amides is 1. The first-order valence-electron chi connectivity index (χ1n) is 8.55. The zero-order valence-electron chi connectivity index (χ0n) is 16.2. The van der Waals surface area contributed by atoms with Gasteiger partial charge in [-0.3, -0.25) is 4.79 Å². The van der Waals surface area contributed by atoms with Gasteiger partial charge in [0, 0.05) is 12.1 Å². The molecular weight excluding hydrogens is 342 g/mol. The summed E-state index contributed by atoms with van der Waals surface area (Å²) in [7, 11) is 0. The van der Waals surface area contributed by atoms with Gasteiger partial charge in [-0.25, -0.2) is 4.79 Å². The number of nitrogens with one attached hydrogen (secondary N) is 1. The van der Waals surface area contributed by atoms with Crippen molar-refractivity contribution in [2.24, 2.45) is 0 Å². The molecule has 0 atom stereocenters. The number of nitriles is 1. The molecule has 0 aliphatic heterocycles. The number of nitrogens with zero attached hydrogens (tertiary/aromatic N) is 2. The Morgan fingerprint density at radius 3 is 2.33 bits per heavy atom. The van der Waals surface area contributed by atoms with E-state index in [1.807, 2.05) is 12.1 Å². The standard InChI is InChI=1S/C14H12N2O3.C7H15N/c1-3-4-9(2)13(17)16-12-6-5-10(8-15)7-11(12)14(18)19;1-4-7-8(5-2)6-3/h3-7H,1H2,2H3,(H,16,17)(H,18,19);4H,1,5-7H2,2-3H3/b9-4+;. The molecule has 144 valence electrons. The first kappa shape index (κ1) is 23.8. The number of allylic oxidation sites excluding steroid dienone is 2. The Morgan fingerprint density at radius 2 is 1.93 bits per heavy atom. The van der Waals surface area contributed by atoms with E-state index < -0.39 is 11.9 Å². The highest BCUT2D eigenvalue weighted by Gasteiger charge is 2.14. The number of rotatable bonds is 8. The highest BCUT2D eigenvalue weighted by molar-refractivity contribution is 6.07. The minimum atomic E-state index is -1.21. The van der Waals surface area contributed by atoms with Gasteiger partial charge in [0.25, 0.3) is 5.91 Å². The van der Waals surface area contributed by atoms with Gasteiger partial charge in [-0.15, -0.1) is 6.58 Å². The van der Waals surface area contributed by atoms with Gasteiger partial charge in [0.1, 0.15) is 0 Å². The van der Waals surface area contributed by atoms with Crippen molar-refractivity contribution in [2.45, 2.75) is 20.8 Å². The predicted octanol–water partition coefficient (Wildman–Crippen LogP) is 3.84. The number of carboxylic acids is 1. The summed E-state index contributed by atoms with van der Waals surface area (Å²) in [5.74, 6) is -1.63. The van der Waals surface area contributed by atoms with Crippen LogP contribution in [0.4, 0.5) is 5.69 Å². The fraction of sp³-hybridized carbons (Fsp3) is 0.286. The molecule has 0 saturated carbocycles. The summed E-state index contributed by atoms with van der Waals surface area (Å²) in [5, 5.41) is 20.3. The third kappa shape index (κ3) is 8.66. The molecule has 0 aliphatic rings. The lowest BCUT2D eigenvalue weighted by Crippen LogP contribution is -2.22. The molecule has 2 N–H and O–H groups in total. The van der Waals surface area contributed by atoms with Crippen LogP contribution in [0.1, 0.15) is 36.7 Å². The van der Waals surface area contributed by atoms with Crippen LogP contribution in [0.3, 0.4) is 0 Å². The molecule has 0 bridgehead atoms. The fourth-order valence-electron chi connectivity index (χ4n) is 2.04. The minimum absolute atomic E-state index is 0.126. The predicted molar refractivity (Wildman–Crippen MR) is 109 cm³/mol. The molecule has 27 heavy (non-hydrogen) atoms. The lowest BCUT2D eigenvalue weighted by atomic mass is 10.1. The van der Waals surface area contributed by atoms with Crippen LogP contribution < -0.4 is 5.32 Å². The molecule has 1 aromatic rings. The number of carbonyl (C=O) groups excluding carboxylic acids is 1. The SMILES string of the molecule is C=C/C=C(\C)C(=O)Nc1ccc(C#N)cc1C(=O)O.C=CCN(CC)CC. The van der Waals surface area contributed by atoms with Crippen LogP contribution in [-0.2, 0) is 4.79 Å². The van der Waals surface area contributed by atoms with E-state index in [-0.39, 0.29) is 16.8 Å². The molecule has 6 heteroatoms. The number of likely N-dealkylation sites (N-methyl/N-ethyl adjacent to an activating group) is 1. The highest BCUT2D eigenvalue weighted by Crippen LogP contribution is 2.18. The third-order valence-electron chi connectivity index (χ3n) is 3.64. The Balaban J connectivity index is 0.000000713. The first-order chi connectivity index (χ1) is 12.8. The summed E-state index contributed by atoms with van der Waals surface area (Å²) in [6, 6.07) is 5.89. The second-order valence-corrected chi connectivity index (χ2v) is 5.49. The number of hydrogen-bond acceptors (Lipinski definition) is 4. The summed E-state index contributed by atoms with van der Waals surface area (Å²) in [6.45, 7) is 16.3. The summed E-state index contributed by atoms with van der Waals surface area (Å²) in [4.78, 5) is 25.1. The van der Waals surface area contributed by atoms with E-state index in [9.17, 15) is 9.59 Å². The van der Waals surface area contributed by atoms with Crippen molar-refractivity contribution in [3.8, 4) is 6.07 Å². The molecule has 0 aromatic heterocycles. The molecule has 0 heterocycles. The quantitative estimate of drug-likeness (QED) is 0.412. The van der Waals surface area contributed by atoms with Crippen molar-refractivity contribution in [2.75, 3.05) is 25.0 Å². The van der Waals surface area contributed by atoms with Crippen LogP contribution in [0.5, 0.6) is 0 Å². The smallest absolute Gasteiger partial charge is 0.337 e. The minimum Gasteiger partial charge on any atom is -0.478 e. The molecule has 6 nitrogen and oxygen atoms in total. The monoisotopic (exact) mass is 369 g/mol. The van der Waals surface area contributed by atoms with Crippen molar-refractivity contribution >= 4 is 17.6 Å². The van der Waals surface area contributed by atoms with Crippen LogP contribution in [-0.4, -0.2) is 41.5 Å². The Bertz CT molecular complexity index is 742. The van der Waals surface area contributed by atoms with E-state index in [0.29, 0.717) is 5.57 Å². The van der Waals surface area contributed by atoms with Crippen LogP contribution in [0.2, 0.25) is 0 Å². The topological polar surface area (TPSA) is 93.4 Å². The van der Waals surface area contributed by atoms with Crippen molar-refractivity contribution < 1.29 is 14.7 Å². The molecule has 1 aromatic carbocycles. The Labute approximate surface area is 161 Å². The third-order valence-corrected chi connectivity index (χ3v) is 3.64. The van der Waals surface area contributed by atoms with Gasteiger partial charge in [0.15, 0.2) is 0 Å². The van der Waals surface area contributed by atoms with Crippen molar-refractivity contribution in [1.82, 2.24) is 4.90 Å². The van der Waals surface area contributed by atoms with E-state index in [1.54, 1.807) is 6.92 Å². The van der Waals surface area contributed by atoms with Gasteiger partial charge < -0.3 is 15.3 Å². The van der Waals surface area contributed by atoms with Crippen LogP contribution in [0, 0.1) is 11.3 Å². The number of carbonyl (C=O) groups is 2. The number of carboxylic acid groups (broad SMARTS) is 1. The maximum atomic E-state index is 11.7. The molecule has 0 radical (unpaired) electrons. The zero-order valence-corrected chi connectivity index (χ0v) is 16.2. The Hall–Kier alpha value is -3.17. The second-order valence-electron chi connectivity index (χ2n) is 5.49. The molecule has 1 rings (SSSR count). The van der Waals surface area contributed by atoms with Crippen molar-refractivity contribution in [3.63, 3.8) is 0 Å². The highest BCUT2D eigenvalue weighted by atomic mass is 16.4. The molecule has 0 saturated heterocycles. The summed E-state index contributed by atoms with van der Waals surface area (Å²) >= 11 is 0. The fourth-order valence-corrected chi connectivity index (χ4v) is 2.04. The number of hydrogen-bond donors (Lipinski definition) is 2. The zero-order chi connectivity index (χ0) is 20.8. The number of anilines is 1. The maximum absolute atomic E-state index is 11.7. The lowest BCUT2D eigenvalue weighted by molar-refractivity contribution is -0.112. The van der Waals surface area contributed by atoms with Gasteiger partial charge in [-0.2, -0.15) is 5.26 Å². The Kier molecular flexibility index (Phi) is 11.6. The maximum Gasteiger partial charge on any atom is 0.337 e. The molecule has 0 unspecified atom stereocenters. The number of benzene rings is 1. The lowest BCUT2D eigenvalue weighted by Gasteiger charge is -2.14. The first-order valence-corrected chi connectivity index (χ1v) is 8.55. The summed E-state index contributed by atoms with van der Waals surface area (Å²) in [5.41, 5.74) is 0.636. The normalized spacial score (nSPS) is 10.3. The number of aromatic carboxylic acids is 1. The van der Waals surface area contributed by atoms with Gasteiger partial charge in [-0.05, 0) is 38.2 Å². The van der Waals surface area contributed by atoms with Crippen LogP contribution >= 0.6 is 0 Å². The van der Waals surface area contributed by atoms with Crippen LogP contribution in [0.15, 0.2) is 55.2 Å². The van der Waals surface area contributed by atoms with Gasteiger partial charge >= 0.3 is 5.97 Å². The van der Waals surface area contributed by atoms with E-state index in [1.165, 1.54) is 30.4 Å². The second kappa shape index (κ2) is 13.1. The van der Waals surface area contributed by atoms with E-state index in [0.717, 1.165) is 19.6 Å². The van der Waals surface area contributed by atoms with Crippen LogP contribution in [0.25, 0.3) is 0 Å². The molecule has 0 fully saturated rings. The molecule has 1 amide bonds. The summed E-state index contributed by atoms with van der Waals surface area (Å²) in [6.07, 6.45) is 4.91. The average Bonchev–Trinajstić information content (AvgIpc) is 2.66. The van der Waals surface area contributed by atoms with Gasteiger partial charge in [0.2, 0.25) is 0 Å². The Morgan fingerprint density at radius 1 is 1.30 bits per heavy atom. The average molecular weight is 369 g/mol. The molecule has 0 spiro atoms. The van der Waals surface area contributed by atoms with Gasteiger partial charge in [0.05, 0.1) is 22.9 Å². The van der Waals surface area contributed by atoms with E-state index in [2.05, 4.69) is 37.2 Å². The molecular formula is C21H27N3O3.